The molecule has 0 aliphatic heterocycles. The fraction of sp³-hybridized carbons (Fsp3) is 0.0645. The highest BCUT2D eigenvalue weighted by Crippen LogP contribution is 2.52. The summed E-state index contributed by atoms with van der Waals surface area (Å²) in [5.41, 5.74) is 30.5. The summed E-state index contributed by atoms with van der Waals surface area (Å²) in [6.07, 6.45) is 0. The number of nitrogens with zero attached hydrogens (tertiary/aromatic N) is 6. The van der Waals surface area contributed by atoms with Crippen molar-refractivity contribution >= 4 is 65.4 Å². The van der Waals surface area contributed by atoms with Crippen molar-refractivity contribution in [1.29, 1.82) is 0 Å². The smallest absolute Gasteiger partial charge is 0.164 e. The predicted molar refractivity (Wildman–Crippen MR) is 411 cm³/mol. The van der Waals surface area contributed by atoms with E-state index in [9.17, 15) is 0 Å². The number of hydrogen-bond donors (Lipinski definition) is 0. The molecule has 0 unspecified atom stereocenters. The molecule has 0 saturated carbocycles. The normalized spacial score (nSPS) is 13.4. The topological polar surface area (TPSA) is 53.5 Å². The Morgan fingerprint density at radius 2 is 0.515 bits per heavy atom. The number of hydrogen-bond acceptors (Lipinski definition) is 3. The predicted octanol–water partition coefficient (Wildman–Crippen LogP) is 23.8. The van der Waals surface area contributed by atoms with Gasteiger partial charge in [0.15, 0.2) is 17.5 Å². The molecule has 20 rings (SSSR count). The standard InChI is InChI=1S/C93H64N6/c1-92(2)79-27-15-11-23-69(79)71-47-43-67(55-81(71)92)98-83-29-17-13-25-73(83)75-45-37-64(53-87(75)98)62-39-49-85-77(51-62)78-52-63(65-38-46-76-74-26-14-18-30-84(74)99(88(76)54-65)68-44-48-72-70-24-12-16-28-80(70)93(3,4)82(72)56-68)40-50-86(78)97(85)66-41-35-61(36-42-66)91-95-89(59-21-9-6-10-22-59)94-90(96-91)60-33-31-58(32-34-60)57-19-7-5-8-20-57/h5-56H,1-4H3. The fourth-order valence-corrected chi connectivity index (χ4v) is 16.7. The van der Waals surface area contributed by atoms with Crippen molar-refractivity contribution in [3.8, 4) is 107 Å². The van der Waals surface area contributed by atoms with E-state index in [1.165, 1.54) is 98.9 Å². The van der Waals surface area contributed by atoms with Crippen LogP contribution in [0.2, 0.25) is 0 Å². The molecule has 0 amide bonds. The molecule has 0 spiro atoms. The molecule has 0 radical (unpaired) electrons. The molecule has 0 bridgehead atoms. The van der Waals surface area contributed by atoms with Crippen LogP contribution in [0.1, 0.15) is 49.9 Å². The molecular weight excluding hydrogens is 1200 g/mol. The molecule has 4 heterocycles. The molecular formula is C93H64N6. The molecule has 14 aromatic carbocycles. The number of aromatic nitrogens is 6. The summed E-state index contributed by atoms with van der Waals surface area (Å²) in [5, 5.41) is 7.26. The Balaban J connectivity index is 0.742. The van der Waals surface area contributed by atoms with E-state index in [1.807, 2.05) is 24.3 Å². The van der Waals surface area contributed by atoms with E-state index in [2.05, 4.69) is 333 Å². The van der Waals surface area contributed by atoms with E-state index < -0.39 is 0 Å². The minimum Gasteiger partial charge on any atom is -0.309 e. The summed E-state index contributed by atoms with van der Waals surface area (Å²) in [6.45, 7) is 9.47. The summed E-state index contributed by atoms with van der Waals surface area (Å²) in [4.78, 5) is 15.5. The molecule has 2 aliphatic carbocycles. The molecule has 466 valence electrons. The molecule has 4 aromatic heterocycles. The van der Waals surface area contributed by atoms with Crippen LogP contribution < -0.4 is 0 Å². The molecule has 0 N–H and O–H groups in total. The van der Waals surface area contributed by atoms with Crippen molar-refractivity contribution in [2.75, 3.05) is 0 Å². The van der Waals surface area contributed by atoms with Gasteiger partial charge in [-0.05, 0) is 175 Å². The van der Waals surface area contributed by atoms with Crippen LogP contribution in [-0.4, -0.2) is 28.7 Å². The third-order valence-corrected chi connectivity index (χ3v) is 21.7. The molecule has 0 saturated heterocycles. The van der Waals surface area contributed by atoms with Crippen LogP contribution >= 0.6 is 0 Å². The summed E-state index contributed by atoms with van der Waals surface area (Å²) in [7, 11) is 0. The Kier molecular flexibility index (Phi) is 12.3. The van der Waals surface area contributed by atoms with Gasteiger partial charge >= 0.3 is 0 Å². The Hall–Kier alpha value is -12.5. The molecule has 2 aliphatic rings. The summed E-state index contributed by atoms with van der Waals surface area (Å²) in [5.74, 6) is 1.85. The SMILES string of the molecule is CC1(C)c2ccccc2-c2ccc(-n3c4ccccc4c4ccc(-c5ccc6c(c5)c5cc(-c7ccc8c9ccccc9n(-c9ccc%10c(c9)C(C)(C)c9ccccc9-%10)c8c7)ccc5n6-c5ccc(-c6nc(-c7ccccc7)nc(-c7ccc(-c8ccccc8)cc7)n6)cc5)cc43)cc21. The van der Waals surface area contributed by atoms with Gasteiger partial charge in [0.1, 0.15) is 0 Å². The van der Waals surface area contributed by atoms with Gasteiger partial charge in [-0.3, -0.25) is 0 Å². The first-order valence-electron chi connectivity index (χ1n) is 34.3. The minimum atomic E-state index is -0.134. The maximum Gasteiger partial charge on any atom is 0.164 e. The average Bonchev–Trinajstić information content (AvgIpc) is 1.58. The first-order valence-corrected chi connectivity index (χ1v) is 34.3. The van der Waals surface area contributed by atoms with Crippen LogP contribution in [-0.2, 0) is 10.8 Å². The minimum absolute atomic E-state index is 0.134. The van der Waals surface area contributed by atoms with Gasteiger partial charge in [0.25, 0.3) is 0 Å². The number of rotatable bonds is 9. The van der Waals surface area contributed by atoms with Crippen LogP contribution in [0.4, 0.5) is 0 Å². The molecule has 6 heteroatoms. The summed E-state index contributed by atoms with van der Waals surface area (Å²) >= 11 is 0. The van der Waals surface area contributed by atoms with Crippen molar-refractivity contribution in [2.45, 2.75) is 38.5 Å². The third kappa shape index (κ3) is 8.72. The van der Waals surface area contributed by atoms with E-state index in [0.29, 0.717) is 17.5 Å². The van der Waals surface area contributed by atoms with Crippen molar-refractivity contribution in [3.63, 3.8) is 0 Å². The van der Waals surface area contributed by atoms with Gasteiger partial charge < -0.3 is 13.7 Å². The van der Waals surface area contributed by atoms with Crippen LogP contribution in [0.5, 0.6) is 0 Å². The lowest BCUT2D eigenvalue weighted by molar-refractivity contribution is 0.660. The summed E-state index contributed by atoms with van der Waals surface area (Å²) < 4.78 is 7.39. The summed E-state index contributed by atoms with van der Waals surface area (Å²) in [6, 6.07) is 116. The highest BCUT2D eigenvalue weighted by Gasteiger charge is 2.37. The average molecular weight is 1270 g/mol. The Morgan fingerprint density at radius 3 is 1.00 bits per heavy atom. The van der Waals surface area contributed by atoms with Crippen molar-refractivity contribution in [1.82, 2.24) is 28.7 Å². The first-order chi connectivity index (χ1) is 48.6. The lowest BCUT2D eigenvalue weighted by Crippen LogP contribution is -2.15. The highest BCUT2D eigenvalue weighted by atomic mass is 15.0. The number of fused-ring (bicyclic) bond motifs is 15. The quantitative estimate of drug-likeness (QED) is 0.145. The van der Waals surface area contributed by atoms with E-state index in [1.54, 1.807) is 0 Å². The maximum absolute atomic E-state index is 5.20. The Bertz CT molecular complexity index is 6100. The molecule has 0 fully saturated rings. The number of para-hydroxylation sites is 2. The third-order valence-electron chi connectivity index (χ3n) is 21.7. The van der Waals surface area contributed by atoms with Crippen molar-refractivity contribution in [3.05, 3.63) is 338 Å². The highest BCUT2D eigenvalue weighted by molar-refractivity contribution is 6.15. The van der Waals surface area contributed by atoms with Gasteiger partial charge in [0.2, 0.25) is 0 Å². The van der Waals surface area contributed by atoms with Gasteiger partial charge in [-0.1, -0.05) is 246 Å². The van der Waals surface area contributed by atoms with E-state index >= 15 is 0 Å². The van der Waals surface area contributed by atoms with Crippen LogP contribution in [0.25, 0.3) is 172 Å². The van der Waals surface area contributed by atoms with Crippen LogP contribution in [0.3, 0.4) is 0 Å². The second-order valence-corrected chi connectivity index (χ2v) is 27.9. The van der Waals surface area contributed by atoms with Crippen LogP contribution in [0, 0.1) is 0 Å². The monoisotopic (exact) mass is 1260 g/mol. The second-order valence-electron chi connectivity index (χ2n) is 27.9. The van der Waals surface area contributed by atoms with Crippen molar-refractivity contribution in [2.24, 2.45) is 0 Å². The Morgan fingerprint density at radius 1 is 0.202 bits per heavy atom. The fourth-order valence-electron chi connectivity index (χ4n) is 16.7. The van der Waals surface area contributed by atoms with E-state index in [-0.39, 0.29) is 10.8 Å². The van der Waals surface area contributed by atoms with Crippen LogP contribution in [0.15, 0.2) is 315 Å². The molecule has 0 atom stereocenters. The largest absolute Gasteiger partial charge is 0.309 e. The zero-order valence-electron chi connectivity index (χ0n) is 55.2. The van der Waals surface area contributed by atoms with Gasteiger partial charge in [-0.2, -0.15) is 0 Å². The lowest BCUT2D eigenvalue weighted by Gasteiger charge is -2.22. The maximum atomic E-state index is 5.20. The lowest BCUT2D eigenvalue weighted by atomic mass is 9.82. The first kappa shape index (κ1) is 56.8. The zero-order chi connectivity index (χ0) is 65.8. The van der Waals surface area contributed by atoms with Gasteiger partial charge in [-0.25, -0.2) is 15.0 Å². The molecule has 6 nitrogen and oxygen atoms in total. The van der Waals surface area contributed by atoms with E-state index in [0.717, 1.165) is 78.2 Å². The van der Waals surface area contributed by atoms with E-state index in [4.69, 9.17) is 15.0 Å². The Labute approximate surface area is 573 Å². The zero-order valence-corrected chi connectivity index (χ0v) is 55.2. The van der Waals surface area contributed by atoms with Crippen molar-refractivity contribution < 1.29 is 0 Å². The molecule has 99 heavy (non-hydrogen) atoms. The second kappa shape index (κ2) is 21.5. The van der Waals surface area contributed by atoms with Gasteiger partial charge in [-0.15, -0.1) is 0 Å². The molecule has 18 aromatic rings. The van der Waals surface area contributed by atoms with Gasteiger partial charge in [0, 0.05) is 76.9 Å². The van der Waals surface area contributed by atoms with Gasteiger partial charge in [0.05, 0.1) is 33.1 Å². The number of benzene rings is 14.